The molecule has 1 aromatic carbocycles. The minimum atomic E-state index is -0.495. The summed E-state index contributed by atoms with van der Waals surface area (Å²) in [5.74, 6) is 1.42. The molecule has 5 atom stereocenters. The number of hydrogen-bond acceptors (Lipinski definition) is 4. The SMILES string of the molecule is O=C1C[C@]2(CC[C@H]3[C@@H](C(=O)N4CCC[C@H](O)C4)[C@@H]32)Oc2ccccc21. The number of carbonyl (C=O) groups excluding carboxylic acids is 2. The van der Waals surface area contributed by atoms with Gasteiger partial charge in [-0.3, -0.25) is 9.59 Å². The summed E-state index contributed by atoms with van der Waals surface area (Å²) in [4.78, 5) is 27.4. The number of ketones is 1. The van der Waals surface area contributed by atoms with Crippen LogP contribution in [0.15, 0.2) is 24.3 Å². The highest BCUT2D eigenvalue weighted by molar-refractivity contribution is 6.00. The van der Waals surface area contributed by atoms with Gasteiger partial charge in [-0.1, -0.05) is 12.1 Å². The van der Waals surface area contributed by atoms with E-state index in [0.717, 1.165) is 32.2 Å². The third-order valence-electron chi connectivity index (χ3n) is 6.63. The van der Waals surface area contributed by atoms with E-state index in [0.29, 0.717) is 30.2 Å². The van der Waals surface area contributed by atoms with Crippen molar-refractivity contribution in [1.82, 2.24) is 4.90 Å². The zero-order valence-electron chi connectivity index (χ0n) is 14.2. The molecule has 1 spiro atoms. The van der Waals surface area contributed by atoms with Gasteiger partial charge in [-0.15, -0.1) is 0 Å². The third-order valence-corrected chi connectivity index (χ3v) is 6.63. The van der Waals surface area contributed by atoms with Gasteiger partial charge >= 0.3 is 0 Å². The molecule has 4 aliphatic rings. The molecule has 2 aliphatic heterocycles. The van der Waals surface area contributed by atoms with Gasteiger partial charge in [-0.25, -0.2) is 0 Å². The average molecular weight is 341 g/mol. The number of piperidine rings is 1. The Morgan fingerprint density at radius 3 is 2.96 bits per heavy atom. The van der Waals surface area contributed by atoms with Crippen molar-refractivity contribution in [2.75, 3.05) is 13.1 Å². The highest BCUT2D eigenvalue weighted by Gasteiger charge is 2.71. The number of nitrogens with zero attached hydrogens (tertiary/aromatic N) is 1. The zero-order chi connectivity index (χ0) is 17.2. The number of aliphatic hydroxyl groups excluding tert-OH is 1. The number of Topliss-reactive ketones (excluding diaryl/α,β-unsaturated/α-hetero) is 1. The summed E-state index contributed by atoms with van der Waals surface area (Å²) in [5, 5.41) is 9.86. The van der Waals surface area contributed by atoms with Crippen LogP contribution in [0.5, 0.6) is 5.75 Å². The van der Waals surface area contributed by atoms with Gasteiger partial charge in [0, 0.05) is 24.9 Å². The molecule has 2 aliphatic carbocycles. The molecule has 132 valence electrons. The number of benzene rings is 1. The Bertz CT molecular complexity index is 747. The lowest BCUT2D eigenvalue weighted by atomic mass is 9.84. The third kappa shape index (κ3) is 2.25. The monoisotopic (exact) mass is 341 g/mol. The molecule has 0 radical (unpaired) electrons. The Hall–Kier alpha value is -1.88. The lowest BCUT2D eigenvalue weighted by Crippen LogP contribution is -2.47. The summed E-state index contributed by atoms with van der Waals surface area (Å²) in [6, 6.07) is 7.44. The fraction of sp³-hybridized carbons (Fsp3) is 0.600. The largest absolute Gasteiger partial charge is 0.486 e. The highest BCUT2D eigenvalue weighted by atomic mass is 16.5. The van der Waals surface area contributed by atoms with Crippen molar-refractivity contribution in [2.24, 2.45) is 17.8 Å². The number of para-hydroxylation sites is 1. The maximum atomic E-state index is 12.9. The Morgan fingerprint density at radius 2 is 2.12 bits per heavy atom. The molecule has 0 aromatic heterocycles. The van der Waals surface area contributed by atoms with Crippen molar-refractivity contribution in [3.8, 4) is 5.75 Å². The van der Waals surface area contributed by atoms with Gasteiger partial charge in [0.05, 0.1) is 18.1 Å². The standard InChI is InChI=1S/C20H23NO4/c22-12-4-3-9-21(11-12)19(24)17-14-7-8-20(18(14)17)10-15(23)13-5-1-2-6-16(13)25-20/h1-2,5-6,12,14,17-18,22H,3-4,7-11H2/t12-,14-,17+,18+,20-/m0/s1. The topological polar surface area (TPSA) is 66.8 Å². The van der Waals surface area contributed by atoms with E-state index in [1.165, 1.54) is 0 Å². The maximum absolute atomic E-state index is 12.9. The van der Waals surface area contributed by atoms with E-state index in [1.54, 1.807) is 0 Å². The molecule has 25 heavy (non-hydrogen) atoms. The van der Waals surface area contributed by atoms with Crippen LogP contribution >= 0.6 is 0 Å². The first kappa shape index (κ1) is 15.4. The summed E-state index contributed by atoms with van der Waals surface area (Å²) in [6.07, 6.45) is 3.44. The summed E-state index contributed by atoms with van der Waals surface area (Å²) >= 11 is 0. The van der Waals surface area contributed by atoms with Gasteiger partial charge in [-0.2, -0.15) is 0 Å². The number of likely N-dealkylation sites (tertiary alicyclic amines) is 1. The quantitative estimate of drug-likeness (QED) is 0.849. The first-order valence-electron chi connectivity index (χ1n) is 9.37. The van der Waals surface area contributed by atoms with E-state index in [4.69, 9.17) is 4.74 Å². The van der Waals surface area contributed by atoms with Crippen LogP contribution < -0.4 is 4.74 Å². The second-order valence-electron chi connectivity index (χ2n) is 8.10. The van der Waals surface area contributed by atoms with Crippen LogP contribution in [0.2, 0.25) is 0 Å². The molecule has 1 saturated heterocycles. The molecule has 0 unspecified atom stereocenters. The molecule has 0 bridgehead atoms. The van der Waals surface area contributed by atoms with Gasteiger partial charge in [0.25, 0.3) is 0 Å². The van der Waals surface area contributed by atoms with Gasteiger partial charge in [0.2, 0.25) is 5.91 Å². The number of carbonyl (C=O) groups is 2. The lowest BCUT2D eigenvalue weighted by Gasteiger charge is -2.38. The van der Waals surface area contributed by atoms with Gasteiger partial charge < -0.3 is 14.7 Å². The van der Waals surface area contributed by atoms with Crippen LogP contribution in [-0.4, -0.2) is 46.5 Å². The van der Waals surface area contributed by atoms with Gasteiger partial charge in [0.1, 0.15) is 11.4 Å². The second-order valence-corrected chi connectivity index (χ2v) is 8.10. The zero-order valence-corrected chi connectivity index (χ0v) is 14.2. The minimum Gasteiger partial charge on any atom is -0.486 e. The summed E-state index contributed by atoms with van der Waals surface area (Å²) in [7, 11) is 0. The van der Waals surface area contributed by atoms with Crippen LogP contribution in [0.4, 0.5) is 0 Å². The average Bonchev–Trinajstić information content (AvgIpc) is 3.25. The molecule has 1 N–H and O–H groups in total. The Labute approximate surface area is 147 Å². The summed E-state index contributed by atoms with van der Waals surface area (Å²) < 4.78 is 6.35. The smallest absolute Gasteiger partial charge is 0.226 e. The van der Waals surface area contributed by atoms with Crippen LogP contribution in [0.25, 0.3) is 0 Å². The number of hydrogen-bond donors (Lipinski definition) is 1. The van der Waals surface area contributed by atoms with Crippen LogP contribution in [-0.2, 0) is 4.79 Å². The van der Waals surface area contributed by atoms with Crippen LogP contribution in [0, 0.1) is 17.8 Å². The minimum absolute atomic E-state index is 0.0305. The highest BCUT2D eigenvalue weighted by Crippen LogP contribution is 2.66. The number of rotatable bonds is 1. The Kier molecular flexibility index (Phi) is 3.26. The molecular weight excluding hydrogens is 318 g/mol. The molecular formula is C20H23NO4. The van der Waals surface area contributed by atoms with Crippen molar-refractivity contribution < 1.29 is 19.4 Å². The fourth-order valence-corrected chi connectivity index (χ4v) is 5.46. The van der Waals surface area contributed by atoms with Crippen molar-refractivity contribution in [2.45, 2.75) is 43.8 Å². The molecule has 1 amide bonds. The molecule has 3 fully saturated rings. The van der Waals surface area contributed by atoms with E-state index >= 15 is 0 Å². The number of fused-ring (bicyclic) bond motifs is 3. The predicted octanol–water partition coefficient (Wildman–Crippen LogP) is 2.03. The number of β-amino-alcohol motifs (C(OH)–C–C–N with tert-alkyl or cyclic N) is 1. The van der Waals surface area contributed by atoms with Gasteiger partial charge in [0.15, 0.2) is 5.78 Å². The van der Waals surface area contributed by atoms with E-state index in [2.05, 4.69) is 0 Å². The van der Waals surface area contributed by atoms with Crippen molar-refractivity contribution in [3.63, 3.8) is 0 Å². The van der Waals surface area contributed by atoms with Crippen LogP contribution in [0.3, 0.4) is 0 Å². The van der Waals surface area contributed by atoms with E-state index in [1.807, 2.05) is 29.2 Å². The van der Waals surface area contributed by atoms with E-state index in [-0.39, 0.29) is 23.5 Å². The first-order chi connectivity index (χ1) is 12.1. The summed E-state index contributed by atoms with van der Waals surface area (Å²) in [5.41, 5.74) is 0.171. The number of ether oxygens (including phenoxy) is 1. The molecule has 1 aromatic rings. The maximum Gasteiger partial charge on any atom is 0.226 e. The molecule has 5 heteroatoms. The lowest BCUT2D eigenvalue weighted by molar-refractivity contribution is -0.137. The predicted molar refractivity (Wildman–Crippen MR) is 90.3 cm³/mol. The molecule has 5 rings (SSSR count). The van der Waals surface area contributed by atoms with Crippen LogP contribution in [0.1, 0.15) is 42.5 Å². The number of aliphatic hydroxyl groups is 1. The summed E-state index contributed by atoms with van der Waals surface area (Å²) in [6.45, 7) is 1.19. The van der Waals surface area contributed by atoms with Crippen molar-refractivity contribution in [1.29, 1.82) is 0 Å². The second kappa shape index (κ2) is 5.31. The Balaban J connectivity index is 1.38. The van der Waals surface area contributed by atoms with Crippen molar-refractivity contribution >= 4 is 11.7 Å². The van der Waals surface area contributed by atoms with E-state index < -0.39 is 11.7 Å². The molecule has 5 nitrogen and oxygen atoms in total. The first-order valence-corrected chi connectivity index (χ1v) is 9.37. The molecule has 2 saturated carbocycles. The molecule has 2 heterocycles. The van der Waals surface area contributed by atoms with Gasteiger partial charge in [-0.05, 0) is 43.7 Å². The van der Waals surface area contributed by atoms with Crippen molar-refractivity contribution in [3.05, 3.63) is 29.8 Å². The Morgan fingerprint density at radius 1 is 1.28 bits per heavy atom. The normalized spacial score (nSPS) is 38.9. The van der Waals surface area contributed by atoms with E-state index in [9.17, 15) is 14.7 Å². The fourth-order valence-electron chi connectivity index (χ4n) is 5.46. The number of amides is 1.